The number of hydrogen-bond donors (Lipinski definition) is 4. The van der Waals surface area contributed by atoms with E-state index >= 15 is 0 Å². The maximum atomic E-state index is 14.9. The van der Waals surface area contributed by atoms with Gasteiger partial charge in [-0.3, -0.25) is 9.78 Å². The van der Waals surface area contributed by atoms with E-state index in [4.69, 9.17) is 4.74 Å². The molecule has 2 aliphatic rings. The highest BCUT2D eigenvalue weighted by Gasteiger charge is 2.30. The third kappa shape index (κ3) is 5.97. The summed E-state index contributed by atoms with van der Waals surface area (Å²) in [7, 11) is 1.49. The number of thioether (sulfide) groups is 1. The minimum absolute atomic E-state index is 0.0440. The zero-order chi connectivity index (χ0) is 26.6. The van der Waals surface area contributed by atoms with Gasteiger partial charge in [-0.15, -0.1) is 11.8 Å². The van der Waals surface area contributed by atoms with Crippen LogP contribution in [0.1, 0.15) is 36.9 Å². The van der Waals surface area contributed by atoms with E-state index in [-0.39, 0.29) is 24.3 Å². The maximum absolute atomic E-state index is 14.9. The molecule has 3 aromatic heterocycles. The van der Waals surface area contributed by atoms with Crippen LogP contribution in [0.3, 0.4) is 0 Å². The zero-order valence-electron chi connectivity index (χ0n) is 20.9. The van der Waals surface area contributed by atoms with E-state index in [1.54, 1.807) is 12.1 Å². The summed E-state index contributed by atoms with van der Waals surface area (Å²) in [5.74, 6) is 0.846. The molecule has 0 radical (unpaired) electrons. The first kappa shape index (κ1) is 26.1. The fraction of sp³-hybridized carbons (Fsp3) is 0.423. The molecule has 0 aromatic carbocycles. The number of amides is 2. The summed E-state index contributed by atoms with van der Waals surface area (Å²) >= 11 is 1.48. The van der Waals surface area contributed by atoms with Gasteiger partial charge >= 0.3 is 6.09 Å². The van der Waals surface area contributed by atoms with Crippen LogP contribution in [0, 0.1) is 11.7 Å². The Morgan fingerprint density at radius 2 is 2.05 bits per heavy atom. The molecule has 38 heavy (non-hydrogen) atoms. The number of hydrogen-bond acceptors (Lipinski definition) is 8. The summed E-state index contributed by atoms with van der Waals surface area (Å²) in [4.78, 5) is 37.3. The van der Waals surface area contributed by atoms with Crippen molar-refractivity contribution in [1.82, 2.24) is 25.6 Å². The number of methoxy groups -OCH3 is 1. The van der Waals surface area contributed by atoms with E-state index in [0.29, 0.717) is 40.6 Å². The number of anilines is 1. The van der Waals surface area contributed by atoms with E-state index < -0.39 is 18.0 Å². The smallest absolute Gasteiger partial charge is 0.404 e. The molecular weight excluding hydrogens is 511 g/mol. The molecule has 1 unspecified atom stereocenters. The predicted molar refractivity (Wildman–Crippen MR) is 141 cm³/mol. The summed E-state index contributed by atoms with van der Waals surface area (Å²) in [5.41, 5.74) is 2.08. The first-order valence-corrected chi connectivity index (χ1v) is 13.5. The van der Waals surface area contributed by atoms with Crippen LogP contribution in [0.5, 0.6) is 5.88 Å². The van der Waals surface area contributed by atoms with Gasteiger partial charge in [0, 0.05) is 30.3 Å². The molecule has 5 rings (SSSR count). The molecule has 4 heterocycles. The molecule has 2 amide bonds. The number of carbonyl (C=O) groups excluding carboxylic acids is 1. The molecule has 12 heteroatoms. The summed E-state index contributed by atoms with van der Waals surface area (Å²) in [6.07, 6.45) is 3.47. The minimum Gasteiger partial charge on any atom is -0.481 e. The molecule has 4 N–H and O–H groups in total. The number of pyridine rings is 3. The van der Waals surface area contributed by atoms with Crippen LogP contribution < -0.4 is 20.7 Å². The van der Waals surface area contributed by atoms with Gasteiger partial charge in [0.15, 0.2) is 0 Å². The Labute approximate surface area is 223 Å². The predicted octanol–water partition coefficient (Wildman–Crippen LogP) is 3.74. The van der Waals surface area contributed by atoms with Crippen LogP contribution in [-0.4, -0.2) is 57.0 Å². The van der Waals surface area contributed by atoms with Crippen LogP contribution in [-0.2, 0) is 17.8 Å². The number of nitrogens with one attached hydrogen (secondary N) is 3. The maximum Gasteiger partial charge on any atom is 0.404 e. The summed E-state index contributed by atoms with van der Waals surface area (Å²) in [6.45, 7) is 0.571. The normalized spacial score (nSPS) is 19.9. The van der Waals surface area contributed by atoms with Gasteiger partial charge in [-0.2, -0.15) is 0 Å². The second kappa shape index (κ2) is 11.5. The van der Waals surface area contributed by atoms with Crippen LogP contribution >= 0.6 is 11.8 Å². The van der Waals surface area contributed by atoms with Gasteiger partial charge in [0.25, 0.3) is 0 Å². The average Bonchev–Trinajstić information content (AvgIpc) is 2.92. The summed E-state index contributed by atoms with van der Waals surface area (Å²) in [6, 6.07) is 7.10. The number of nitrogens with zero attached hydrogens (tertiary/aromatic N) is 3. The van der Waals surface area contributed by atoms with Crippen molar-refractivity contribution in [3.05, 3.63) is 47.5 Å². The van der Waals surface area contributed by atoms with Crippen molar-refractivity contribution in [2.24, 2.45) is 5.92 Å². The van der Waals surface area contributed by atoms with Gasteiger partial charge in [0.2, 0.25) is 11.8 Å². The van der Waals surface area contributed by atoms with E-state index in [2.05, 4.69) is 30.9 Å². The van der Waals surface area contributed by atoms with E-state index in [1.165, 1.54) is 18.9 Å². The number of carboxylic acid groups (broad SMARTS) is 1. The molecule has 1 aliphatic heterocycles. The quantitative estimate of drug-likeness (QED) is 0.337. The van der Waals surface area contributed by atoms with Gasteiger partial charge in [-0.25, -0.2) is 19.2 Å². The van der Waals surface area contributed by atoms with Crippen molar-refractivity contribution in [1.29, 1.82) is 0 Å². The van der Waals surface area contributed by atoms with Gasteiger partial charge in [0.1, 0.15) is 11.6 Å². The Morgan fingerprint density at radius 1 is 1.24 bits per heavy atom. The molecular formula is C26H29FN6O4S. The monoisotopic (exact) mass is 540 g/mol. The van der Waals surface area contributed by atoms with Crippen molar-refractivity contribution in [3.8, 4) is 5.88 Å². The molecule has 0 saturated heterocycles. The van der Waals surface area contributed by atoms with E-state index in [0.717, 1.165) is 42.5 Å². The second-order valence-corrected chi connectivity index (χ2v) is 10.6. The summed E-state index contributed by atoms with van der Waals surface area (Å²) < 4.78 is 20.1. The third-order valence-electron chi connectivity index (χ3n) is 7.13. The number of ether oxygens (including phenoxy) is 1. The largest absolute Gasteiger partial charge is 0.481 e. The van der Waals surface area contributed by atoms with Crippen molar-refractivity contribution < 1.29 is 23.8 Å². The average molecular weight is 541 g/mol. The molecule has 200 valence electrons. The summed E-state index contributed by atoms with van der Waals surface area (Å²) in [5, 5.41) is 18.5. The first-order valence-electron chi connectivity index (χ1n) is 12.5. The lowest BCUT2D eigenvalue weighted by Crippen LogP contribution is -2.44. The molecule has 1 fully saturated rings. The first-order chi connectivity index (χ1) is 18.4. The Balaban J connectivity index is 1.23. The zero-order valence-corrected chi connectivity index (χ0v) is 21.7. The fourth-order valence-corrected chi connectivity index (χ4v) is 5.93. The van der Waals surface area contributed by atoms with Gasteiger partial charge in [-0.1, -0.05) is 0 Å². The number of rotatable bonds is 8. The number of carbonyl (C=O) groups is 2. The lowest BCUT2D eigenvalue weighted by molar-refractivity contribution is -0.113. The van der Waals surface area contributed by atoms with Crippen LogP contribution in [0.25, 0.3) is 11.0 Å². The highest BCUT2D eigenvalue weighted by atomic mass is 32.2. The van der Waals surface area contributed by atoms with E-state index in [1.807, 2.05) is 12.1 Å². The van der Waals surface area contributed by atoms with Crippen molar-refractivity contribution in [2.45, 2.75) is 55.6 Å². The lowest BCUT2D eigenvalue weighted by Gasteiger charge is -2.34. The molecule has 1 saturated carbocycles. The minimum atomic E-state index is -1.14. The van der Waals surface area contributed by atoms with Crippen LogP contribution in [0.15, 0.2) is 35.4 Å². The lowest BCUT2D eigenvalue weighted by atomic mass is 9.79. The van der Waals surface area contributed by atoms with E-state index in [9.17, 15) is 19.1 Å². The van der Waals surface area contributed by atoms with Crippen molar-refractivity contribution in [2.75, 3.05) is 18.2 Å². The second-order valence-electron chi connectivity index (χ2n) is 9.54. The fourth-order valence-electron chi connectivity index (χ4n) is 5.18. The Kier molecular flexibility index (Phi) is 7.89. The Bertz CT molecular complexity index is 1350. The molecule has 0 spiro atoms. The van der Waals surface area contributed by atoms with Crippen LogP contribution in [0.4, 0.5) is 15.0 Å². The SMILES string of the molecule is COc1ccc2ncc(F)c(CC(NC(=O)O)C3CCC(NCc4ccc5c(n4)NC(=O)CS5)CC3)c2n1. The molecule has 10 nitrogen and oxygen atoms in total. The number of fused-ring (bicyclic) bond motifs is 2. The molecule has 3 aromatic rings. The molecule has 1 atom stereocenters. The molecule has 1 aliphatic carbocycles. The number of aromatic nitrogens is 3. The Hall–Kier alpha value is -3.51. The Morgan fingerprint density at radius 3 is 2.82 bits per heavy atom. The molecule has 0 bridgehead atoms. The van der Waals surface area contributed by atoms with Gasteiger partial charge in [-0.05, 0) is 56.2 Å². The van der Waals surface area contributed by atoms with Crippen molar-refractivity contribution >= 4 is 40.6 Å². The van der Waals surface area contributed by atoms with Gasteiger partial charge in [0.05, 0.1) is 40.7 Å². The topological polar surface area (TPSA) is 138 Å². The third-order valence-corrected chi connectivity index (χ3v) is 8.17. The van der Waals surface area contributed by atoms with Gasteiger partial charge < -0.3 is 25.8 Å². The standard InChI is InChI=1S/C26H29FN6O4S/c1-37-23-9-7-19-24(33-23)17(18(27)12-29-19)10-20(31-26(35)36)14-2-4-15(5-3-14)28-11-16-6-8-21-25(30-16)32-22(34)13-38-21/h6-9,12,14-15,20,28,31H,2-5,10-11,13H2,1H3,(H,35,36)(H,30,32,34). The number of halogens is 1. The van der Waals surface area contributed by atoms with Crippen LogP contribution in [0.2, 0.25) is 0 Å². The highest BCUT2D eigenvalue weighted by molar-refractivity contribution is 8.00. The van der Waals surface area contributed by atoms with Crippen molar-refractivity contribution in [3.63, 3.8) is 0 Å². The highest BCUT2D eigenvalue weighted by Crippen LogP contribution is 2.32.